The number of carbonyl (C=O) groups excluding carboxylic acids is 1. The van der Waals surface area contributed by atoms with Crippen molar-refractivity contribution in [2.75, 3.05) is 31.8 Å². The molecule has 0 saturated heterocycles. The maximum Gasteiger partial charge on any atom is 0.246 e. The van der Waals surface area contributed by atoms with Gasteiger partial charge in [-0.25, -0.2) is 8.42 Å². The molecule has 1 atom stereocenters. The Bertz CT molecular complexity index is 997. The van der Waals surface area contributed by atoms with E-state index in [-0.39, 0.29) is 12.5 Å². The highest BCUT2D eigenvalue weighted by atomic mass is 35.5. The number of methoxy groups -OCH3 is 2. The molecule has 0 bridgehead atoms. The number of amides is 1. The summed E-state index contributed by atoms with van der Waals surface area (Å²) >= 11 is 6.05. The molecule has 164 valence electrons. The normalized spacial score (nSPS) is 12.2. The number of anilines is 1. The average molecular weight is 455 g/mol. The van der Waals surface area contributed by atoms with E-state index in [2.05, 4.69) is 0 Å². The Hall–Kier alpha value is -2.45. The van der Waals surface area contributed by atoms with E-state index in [1.165, 1.54) is 11.0 Å². The van der Waals surface area contributed by atoms with Crippen LogP contribution in [0.4, 0.5) is 5.69 Å². The van der Waals surface area contributed by atoms with Gasteiger partial charge in [0.25, 0.3) is 0 Å². The summed E-state index contributed by atoms with van der Waals surface area (Å²) in [5.41, 5.74) is 1.18. The van der Waals surface area contributed by atoms with Gasteiger partial charge in [0.15, 0.2) is 11.5 Å². The van der Waals surface area contributed by atoms with Gasteiger partial charge in [-0.2, -0.15) is 0 Å². The zero-order valence-corrected chi connectivity index (χ0v) is 19.3. The average Bonchev–Trinajstić information content (AvgIpc) is 2.70. The maximum atomic E-state index is 13.2. The smallest absolute Gasteiger partial charge is 0.246 e. The largest absolute Gasteiger partial charge is 0.493 e. The third kappa shape index (κ3) is 5.58. The van der Waals surface area contributed by atoms with Crippen LogP contribution in [0.15, 0.2) is 42.5 Å². The van der Waals surface area contributed by atoms with Crippen molar-refractivity contribution in [1.29, 1.82) is 0 Å². The molecule has 0 heterocycles. The standard InChI is InChI=1S/C21H27ClN2O5S/c1-6-18(24(30(5,26)27)17-9-7-8-16(22)13-17)21(25)23(2)14-15-10-11-19(28-3)20(12-15)29-4/h7-13,18H,6,14H2,1-5H3/t18-/m0/s1. The van der Waals surface area contributed by atoms with Crippen LogP contribution in [-0.2, 0) is 21.4 Å². The fraction of sp³-hybridized carbons (Fsp3) is 0.381. The molecule has 0 spiro atoms. The summed E-state index contributed by atoms with van der Waals surface area (Å²) in [4.78, 5) is 14.7. The number of halogens is 1. The van der Waals surface area contributed by atoms with Crippen molar-refractivity contribution in [3.05, 3.63) is 53.1 Å². The van der Waals surface area contributed by atoms with Crippen LogP contribution in [0.2, 0.25) is 5.02 Å². The number of hydrogen-bond acceptors (Lipinski definition) is 5. The van der Waals surface area contributed by atoms with E-state index in [0.29, 0.717) is 28.6 Å². The molecule has 0 aliphatic rings. The fourth-order valence-corrected chi connectivity index (χ4v) is 4.62. The van der Waals surface area contributed by atoms with E-state index in [0.717, 1.165) is 16.1 Å². The molecule has 30 heavy (non-hydrogen) atoms. The summed E-state index contributed by atoms with van der Waals surface area (Å²) in [6.07, 6.45) is 1.38. The van der Waals surface area contributed by atoms with Crippen LogP contribution in [0.1, 0.15) is 18.9 Å². The lowest BCUT2D eigenvalue weighted by Gasteiger charge is -2.33. The Balaban J connectivity index is 2.33. The lowest BCUT2D eigenvalue weighted by Crippen LogP contribution is -2.49. The number of carbonyl (C=O) groups is 1. The summed E-state index contributed by atoms with van der Waals surface area (Å²) in [5.74, 6) is 0.822. The van der Waals surface area contributed by atoms with Crippen molar-refractivity contribution in [3.63, 3.8) is 0 Å². The van der Waals surface area contributed by atoms with Gasteiger partial charge in [-0.15, -0.1) is 0 Å². The molecule has 1 amide bonds. The summed E-state index contributed by atoms with van der Waals surface area (Å²) in [7, 11) is 1.00. The van der Waals surface area contributed by atoms with Crippen molar-refractivity contribution in [2.24, 2.45) is 0 Å². The minimum atomic E-state index is -3.73. The first kappa shape index (κ1) is 23.8. The summed E-state index contributed by atoms with van der Waals surface area (Å²) in [6.45, 7) is 2.05. The predicted octanol–water partition coefficient (Wildman–Crippen LogP) is 3.56. The fourth-order valence-electron chi connectivity index (χ4n) is 3.24. The van der Waals surface area contributed by atoms with E-state index in [1.54, 1.807) is 58.5 Å². The second kappa shape index (κ2) is 10.0. The Labute approximate surface area is 183 Å². The van der Waals surface area contributed by atoms with Crippen molar-refractivity contribution in [1.82, 2.24) is 4.90 Å². The van der Waals surface area contributed by atoms with Gasteiger partial charge in [0.1, 0.15) is 6.04 Å². The summed E-state index contributed by atoms with van der Waals surface area (Å²) in [6, 6.07) is 10.9. The van der Waals surface area contributed by atoms with Gasteiger partial charge in [-0.1, -0.05) is 30.7 Å². The van der Waals surface area contributed by atoms with Gasteiger partial charge in [0, 0.05) is 18.6 Å². The van der Waals surface area contributed by atoms with Gasteiger partial charge in [0.05, 0.1) is 26.2 Å². The lowest BCUT2D eigenvalue weighted by molar-refractivity contribution is -0.131. The van der Waals surface area contributed by atoms with Crippen molar-refractivity contribution in [2.45, 2.75) is 25.9 Å². The lowest BCUT2D eigenvalue weighted by atomic mass is 10.1. The Morgan fingerprint density at radius 2 is 1.77 bits per heavy atom. The Morgan fingerprint density at radius 1 is 1.10 bits per heavy atom. The highest BCUT2D eigenvalue weighted by molar-refractivity contribution is 7.92. The monoisotopic (exact) mass is 454 g/mol. The number of likely N-dealkylation sites (N-methyl/N-ethyl adjacent to an activating group) is 1. The highest BCUT2D eigenvalue weighted by Gasteiger charge is 2.33. The molecule has 7 nitrogen and oxygen atoms in total. The van der Waals surface area contributed by atoms with Crippen LogP contribution in [0.25, 0.3) is 0 Å². The van der Waals surface area contributed by atoms with E-state index in [1.807, 2.05) is 6.07 Å². The molecule has 0 aliphatic heterocycles. The van der Waals surface area contributed by atoms with Gasteiger partial charge in [0.2, 0.25) is 15.9 Å². The van der Waals surface area contributed by atoms with Crippen molar-refractivity contribution in [3.8, 4) is 11.5 Å². The minimum Gasteiger partial charge on any atom is -0.493 e. The first-order chi connectivity index (χ1) is 14.1. The zero-order valence-electron chi connectivity index (χ0n) is 17.8. The first-order valence-electron chi connectivity index (χ1n) is 9.33. The Morgan fingerprint density at radius 3 is 2.30 bits per heavy atom. The number of sulfonamides is 1. The molecule has 0 fully saturated rings. The Kier molecular flexibility index (Phi) is 7.97. The van der Waals surface area contributed by atoms with E-state index < -0.39 is 16.1 Å². The third-order valence-corrected chi connectivity index (χ3v) is 6.03. The van der Waals surface area contributed by atoms with E-state index in [4.69, 9.17) is 21.1 Å². The van der Waals surface area contributed by atoms with Gasteiger partial charge < -0.3 is 14.4 Å². The van der Waals surface area contributed by atoms with Crippen LogP contribution in [-0.4, -0.2) is 52.8 Å². The number of hydrogen-bond donors (Lipinski definition) is 0. The van der Waals surface area contributed by atoms with Crippen molar-refractivity contribution >= 4 is 33.2 Å². The SMILES string of the molecule is CC[C@@H](C(=O)N(C)Cc1ccc(OC)c(OC)c1)N(c1cccc(Cl)c1)S(C)(=O)=O. The second-order valence-electron chi connectivity index (χ2n) is 6.85. The molecule has 2 aromatic rings. The zero-order chi connectivity index (χ0) is 22.5. The van der Waals surface area contributed by atoms with Crippen LogP contribution in [0.3, 0.4) is 0 Å². The molecule has 0 aliphatic carbocycles. The number of ether oxygens (including phenoxy) is 2. The second-order valence-corrected chi connectivity index (χ2v) is 9.14. The van der Waals surface area contributed by atoms with E-state index >= 15 is 0 Å². The molecular weight excluding hydrogens is 428 g/mol. The van der Waals surface area contributed by atoms with Crippen LogP contribution >= 0.6 is 11.6 Å². The molecule has 0 radical (unpaired) electrons. The third-order valence-electron chi connectivity index (χ3n) is 4.62. The molecule has 2 rings (SSSR count). The maximum absolute atomic E-state index is 13.2. The van der Waals surface area contributed by atoms with E-state index in [9.17, 15) is 13.2 Å². The van der Waals surface area contributed by atoms with Crippen LogP contribution < -0.4 is 13.8 Å². The van der Waals surface area contributed by atoms with Crippen molar-refractivity contribution < 1.29 is 22.7 Å². The molecule has 0 saturated carbocycles. The van der Waals surface area contributed by atoms with Crippen LogP contribution in [0, 0.1) is 0 Å². The molecule has 0 unspecified atom stereocenters. The highest BCUT2D eigenvalue weighted by Crippen LogP contribution is 2.29. The number of rotatable bonds is 9. The molecule has 0 aromatic heterocycles. The summed E-state index contributed by atoms with van der Waals surface area (Å²) in [5, 5.41) is 0.391. The summed E-state index contributed by atoms with van der Waals surface area (Å²) < 4.78 is 36.8. The predicted molar refractivity (Wildman–Crippen MR) is 119 cm³/mol. The minimum absolute atomic E-state index is 0.281. The quantitative estimate of drug-likeness (QED) is 0.579. The molecular formula is C21H27ClN2O5S. The molecule has 0 N–H and O–H groups in total. The number of nitrogens with zero attached hydrogens (tertiary/aromatic N) is 2. The van der Waals surface area contributed by atoms with Gasteiger partial charge in [-0.05, 0) is 42.3 Å². The topological polar surface area (TPSA) is 76.2 Å². The van der Waals surface area contributed by atoms with Crippen LogP contribution in [0.5, 0.6) is 11.5 Å². The first-order valence-corrected chi connectivity index (χ1v) is 11.6. The van der Waals surface area contributed by atoms with Gasteiger partial charge in [-0.3, -0.25) is 9.10 Å². The number of benzene rings is 2. The molecule has 9 heteroatoms. The molecule has 2 aromatic carbocycles. The van der Waals surface area contributed by atoms with Gasteiger partial charge >= 0.3 is 0 Å².